The lowest BCUT2D eigenvalue weighted by Gasteiger charge is -2.27. The van der Waals surface area contributed by atoms with Crippen molar-refractivity contribution in [2.45, 2.75) is 45.5 Å². The standard InChI is InChI=1S/C22H21ClF4N4O5S/c1-10(18(34)36-21(2,3)4)30-17(33)9-37-19(30)28-13-7-14(12(24)6-11(13)23)31-16(32)8-15(22(25,26)27)29(5)20(31)35/h6-8,10H,9H2,1-5H3. The average Bonchev–Trinajstić information content (AvgIpc) is 3.11. The van der Waals surface area contributed by atoms with E-state index in [1.807, 2.05) is 0 Å². The zero-order valence-electron chi connectivity index (χ0n) is 20.1. The third-order valence-corrected chi connectivity index (χ3v) is 6.26. The van der Waals surface area contributed by atoms with Crippen molar-refractivity contribution in [2.24, 2.45) is 12.0 Å². The van der Waals surface area contributed by atoms with E-state index < -0.39 is 58.1 Å². The van der Waals surface area contributed by atoms with E-state index in [4.69, 9.17) is 16.3 Å². The van der Waals surface area contributed by atoms with Crippen LogP contribution in [0, 0.1) is 5.82 Å². The van der Waals surface area contributed by atoms with Gasteiger partial charge in [0.1, 0.15) is 23.2 Å². The predicted molar refractivity (Wildman–Crippen MR) is 129 cm³/mol. The topological polar surface area (TPSA) is 103 Å². The quantitative estimate of drug-likeness (QED) is 0.415. The van der Waals surface area contributed by atoms with Crippen molar-refractivity contribution >= 4 is 46.1 Å². The van der Waals surface area contributed by atoms with Crippen LogP contribution in [0.25, 0.3) is 5.69 Å². The summed E-state index contributed by atoms with van der Waals surface area (Å²) in [6.45, 7) is 6.39. The largest absolute Gasteiger partial charge is 0.458 e. The summed E-state index contributed by atoms with van der Waals surface area (Å²) in [5.74, 6) is -2.42. The number of alkyl halides is 3. The van der Waals surface area contributed by atoms with Gasteiger partial charge in [-0.15, -0.1) is 0 Å². The smallest absolute Gasteiger partial charge is 0.431 e. The van der Waals surface area contributed by atoms with Crippen molar-refractivity contribution in [3.05, 3.63) is 55.6 Å². The first-order chi connectivity index (χ1) is 16.9. The molecule has 0 spiro atoms. The Morgan fingerprint density at radius 1 is 1.16 bits per heavy atom. The summed E-state index contributed by atoms with van der Waals surface area (Å²) in [6, 6.07) is 0.698. The first-order valence-electron chi connectivity index (χ1n) is 10.6. The lowest BCUT2D eigenvalue weighted by Crippen LogP contribution is -2.45. The average molecular weight is 565 g/mol. The van der Waals surface area contributed by atoms with Crippen molar-refractivity contribution in [1.82, 2.24) is 14.0 Å². The monoisotopic (exact) mass is 564 g/mol. The van der Waals surface area contributed by atoms with E-state index in [0.29, 0.717) is 0 Å². The molecule has 0 bridgehead atoms. The van der Waals surface area contributed by atoms with Crippen molar-refractivity contribution in [3.63, 3.8) is 0 Å². The van der Waals surface area contributed by atoms with Crippen LogP contribution in [-0.2, 0) is 27.5 Å². The van der Waals surface area contributed by atoms with Crippen molar-refractivity contribution in [3.8, 4) is 5.69 Å². The number of benzene rings is 1. The fourth-order valence-corrected chi connectivity index (χ4v) is 4.48. The molecule has 0 saturated carbocycles. The van der Waals surface area contributed by atoms with Gasteiger partial charge in [-0.3, -0.25) is 19.1 Å². The Morgan fingerprint density at radius 2 is 1.78 bits per heavy atom. The molecule has 1 fully saturated rings. The molecule has 2 aromatic rings. The number of aliphatic imine (C=N–C) groups is 1. The van der Waals surface area contributed by atoms with Gasteiger partial charge in [-0.2, -0.15) is 13.2 Å². The van der Waals surface area contributed by atoms with Crippen LogP contribution in [0.15, 0.2) is 32.8 Å². The summed E-state index contributed by atoms with van der Waals surface area (Å²) in [4.78, 5) is 55.4. The van der Waals surface area contributed by atoms with Gasteiger partial charge in [-0.1, -0.05) is 23.4 Å². The number of rotatable bonds is 4. The van der Waals surface area contributed by atoms with Crippen molar-refractivity contribution in [1.29, 1.82) is 0 Å². The molecule has 1 aromatic heterocycles. The molecular formula is C22H21ClF4N4O5S. The molecule has 0 radical (unpaired) electrons. The summed E-state index contributed by atoms with van der Waals surface area (Å²) < 4.78 is 60.0. The molecule has 0 aliphatic carbocycles. The van der Waals surface area contributed by atoms with Gasteiger partial charge >= 0.3 is 17.8 Å². The molecule has 1 aliphatic heterocycles. The highest BCUT2D eigenvalue weighted by Gasteiger charge is 2.38. The van der Waals surface area contributed by atoms with Crippen molar-refractivity contribution in [2.75, 3.05) is 5.75 Å². The number of hydrogen-bond acceptors (Lipinski definition) is 7. The van der Waals surface area contributed by atoms with Gasteiger partial charge in [-0.05, 0) is 39.8 Å². The molecule has 1 amide bonds. The highest BCUT2D eigenvalue weighted by Crippen LogP contribution is 2.33. The number of hydrogen-bond donors (Lipinski definition) is 0. The minimum Gasteiger partial charge on any atom is -0.458 e. The Bertz CT molecular complexity index is 1430. The summed E-state index contributed by atoms with van der Waals surface area (Å²) in [5, 5.41) is -0.272. The van der Waals surface area contributed by atoms with E-state index in [1.54, 1.807) is 20.8 Å². The number of esters is 1. The zero-order chi connectivity index (χ0) is 28.0. The zero-order valence-corrected chi connectivity index (χ0v) is 21.7. The van der Waals surface area contributed by atoms with Gasteiger partial charge in [0.05, 0.1) is 22.2 Å². The molecule has 200 valence electrons. The lowest BCUT2D eigenvalue weighted by molar-refractivity contribution is -0.161. The summed E-state index contributed by atoms with van der Waals surface area (Å²) in [7, 11) is 0.784. The Hall–Kier alpha value is -3.13. The van der Waals surface area contributed by atoms with Gasteiger partial charge in [0.15, 0.2) is 5.17 Å². The van der Waals surface area contributed by atoms with E-state index in [0.717, 1.165) is 35.8 Å². The third kappa shape index (κ3) is 5.90. The van der Waals surface area contributed by atoms with Gasteiger partial charge in [-0.25, -0.2) is 23.5 Å². The first-order valence-corrected chi connectivity index (χ1v) is 11.9. The van der Waals surface area contributed by atoms with Crippen LogP contribution >= 0.6 is 23.4 Å². The maximum atomic E-state index is 14.8. The second-order valence-corrected chi connectivity index (χ2v) is 10.3. The SMILES string of the molecule is CC(C(=O)OC(C)(C)C)N1C(=O)CSC1=Nc1cc(-n2c(=O)cc(C(F)(F)F)n(C)c2=O)c(F)cc1Cl. The Labute approximate surface area is 216 Å². The number of amidine groups is 1. The molecule has 0 N–H and O–H groups in total. The van der Waals surface area contributed by atoms with E-state index in [1.165, 1.54) is 6.92 Å². The van der Waals surface area contributed by atoms with Gasteiger partial charge in [0.2, 0.25) is 5.91 Å². The molecular weight excluding hydrogens is 544 g/mol. The molecule has 1 saturated heterocycles. The maximum absolute atomic E-state index is 14.8. The third-order valence-electron chi connectivity index (χ3n) is 5.02. The van der Waals surface area contributed by atoms with E-state index >= 15 is 0 Å². The number of halogens is 5. The molecule has 1 aromatic carbocycles. The second-order valence-electron chi connectivity index (χ2n) is 8.95. The summed E-state index contributed by atoms with van der Waals surface area (Å²) in [5.41, 5.74) is -6.13. The highest BCUT2D eigenvalue weighted by molar-refractivity contribution is 8.15. The van der Waals surface area contributed by atoms with E-state index in [2.05, 4.69) is 4.99 Å². The molecule has 1 unspecified atom stereocenters. The predicted octanol–water partition coefficient (Wildman–Crippen LogP) is 3.64. The Morgan fingerprint density at radius 3 is 2.35 bits per heavy atom. The first kappa shape index (κ1) is 28.4. The number of nitrogens with zero attached hydrogens (tertiary/aromatic N) is 4. The van der Waals surface area contributed by atoms with E-state index in [9.17, 15) is 36.7 Å². The molecule has 2 heterocycles. The number of thioether (sulfide) groups is 1. The fourth-order valence-electron chi connectivity index (χ4n) is 3.34. The molecule has 37 heavy (non-hydrogen) atoms. The number of amides is 1. The van der Waals surface area contributed by atoms with E-state index in [-0.39, 0.29) is 36.8 Å². The number of aromatic nitrogens is 2. The van der Waals surface area contributed by atoms with Crippen LogP contribution < -0.4 is 11.2 Å². The fraction of sp³-hybridized carbons (Fsp3) is 0.409. The molecule has 15 heteroatoms. The molecule has 3 rings (SSSR count). The minimum atomic E-state index is -5.00. The van der Waals surface area contributed by atoms with Crippen LogP contribution in [0.1, 0.15) is 33.4 Å². The maximum Gasteiger partial charge on any atom is 0.431 e. The summed E-state index contributed by atoms with van der Waals surface area (Å²) >= 11 is 7.06. The van der Waals surface area contributed by atoms with Crippen LogP contribution in [0.3, 0.4) is 0 Å². The molecule has 1 atom stereocenters. The van der Waals surface area contributed by atoms with Crippen LogP contribution in [0.4, 0.5) is 23.2 Å². The van der Waals surface area contributed by atoms with Gasteiger partial charge in [0, 0.05) is 13.1 Å². The summed E-state index contributed by atoms with van der Waals surface area (Å²) in [6.07, 6.45) is -5.00. The van der Waals surface area contributed by atoms with Gasteiger partial charge in [0.25, 0.3) is 5.56 Å². The molecule has 9 nitrogen and oxygen atoms in total. The Kier molecular flexibility index (Phi) is 7.66. The number of ether oxygens (including phenoxy) is 1. The number of carbonyl (C=O) groups excluding carboxylic acids is 2. The Balaban J connectivity index is 2.12. The van der Waals surface area contributed by atoms with Crippen LogP contribution in [0.5, 0.6) is 0 Å². The van der Waals surface area contributed by atoms with Crippen molar-refractivity contribution < 1.29 is 31.9 Å². The second kappa shape index (κ2) is 9.97. The molecule has 1 aliphatic rings. The minimum absolute atomic E-state index is 0.00971. The van der Waals surface area contributed by atoms with Crippen LogP contribution in [-0.4, -0.2) is 48.5 Å². The van der Waals surface area contributed by atoms with Gasteiger partial charge < -0.3 is 4.74 Å². The highest BCUT2D eigenvalue weighted by atomic mass is 35.5. The number of carbonyl (C=O) groups is 2. The normalized spacial score (nSPS) is 16.4. The van der Waals surface area contributed by atoms with Crippen LogP contribution in [0.2, 0.25) is 5.02 Å². The lowest BCUT2D eigenvalue weighted by atomic mass is 10.2.